The number of allylic oxidation sites excluding steroid dienone is 3. The van der Waals surface area contributed by atoms with Crippen LogP contribution in [0.15, 0.2) is 35.6 Å². The Labute approximate surface area is 108 Å². The van der Waals surface area contributed by atoms with Crippen molar-refractivity contribution >= 4 is 5.57 Å². The Morgan fingerprint density at radius 3 is 2.33 bits per heavy atom. The number of phenolic OH excluding ortho intramolecular Hbond substituents is 1. The summed E-state index contributed by atoms with van der Waals surface area (Å²) in [6.45, 7) is 7.89. The molecule has 0 spiro atoms. The Morgan fingerprint density at radius 2 is 1.78 bits per heavy atom. The Balaban J connectivity index is 2.44. The van der Waals surface area contributed by atoms with Gasteiger partial charge in [0.25, 0.3) is 0 Å². The van der Waals surface area contributed by atoms with Crippen molar-refractivity contribution < 1.29 is 10.2 Å². The van der Waals surface area contributed by atoms with Crippen molar-refractivity contribution in [2.75, 3.05) is 0 Å². The molecule has 0 aromatic heterocycles. The SMILES string of the molecule is CC1=C(O)C(C)(C)C=C(c2ccc(O)c(C)c2)C1. The van der Waals surface area contributed by atoms with Gasteiger partial charge >= 0.3 is 0 Å². The van der Waals surface area contributed by atoms with Gasteiger partial charge in [-0.1, -0.05) is 12.1 Å². The minimum atomic E-state index is -0.316. The molecule has 0 bridgehead atoms. The number of aliphatic hydroxyl groups is 1. The summed E-state index contributed by atoms with van der Waals surface area (Å²) in [5, 5.41) is 19.6. The summed E-state index contributed by atoms with van der Waals surface area (Å²) in [7, 11) is 0. The van der Waals surface area contributed by atoms with Gasteiger partial charge < -0.3 is 10.2 Å². The highest BCUT2D eigenvalue weighted by atomic mass is 16.3. The number of aryl methyl sites for hydroxylation is 1. The van der Waals surface area contributed by atoms with Gasteiger partial charge in [0.05, 0.1) is 0 Å². The number of phenols is 1. The van der Waals surface area contributed by atoms with Gasteiger partial charge in [-0.25, -0.2) is 0 Å². The quantitative estimate of drug-likeness (QED) is 0.771. The standard InChI is InChI=1S/C16H20O2/c1-10-7-12(5-6-14(10)17)13-8-11(2)15(18)16(3,4)9-13/h5-7,9,17-18H,8H2,1-4H3. The van der Waals surface area contributed by atoms with Crippen LogP contribution in [0.1, 0.15) is 38.3 Å². The Bertz CT molecular complexity index is 548. The minimum absolute atomic E-state index is 0.316. The van der Waals surface area contributed by atoms with Crippen LogP contribution < -0.4 is 0 Å². The van der Waals surface area contributed by atoms with Crippen molar-refractivity contribution in [2.45, 2.75) is 34.1 Å². The zero-order chi connectivity index (χ0) is 13.5. The van der Waals surface area contributed by atoms with Gasteiger partial charge in [0, 0.05) is 5.41 Å². The summed E-state index contributed by atoms with van der Waals surface area (Å²) in [5.41, 5.74) is 3.90. The molecule has 2 rings (SSSR count). The van der Waals surface area contributed by atoms with Crippen molar-refractivity contribution in [1.29, 1.82) is 0 Å². The molecule has 0 saturated carbocycles. The Morgan fingerprint density at radius 1 is 1.11 bits per heavy atom. The predicted octanol–water partition coefficient (Wildman–Crippen LogP) is 4.35. The summed E-state index contributed by atoms with van der Waals surface area (Å²) in [4.78, 5) is 0. The molecule has 18 heavy (non-hydrogen) atoms. The molecule has 1 aromatic carbocycles. The van der Waals surface area contributed by atoms with E-state index in [0.717, 1.165) is 23.1 Å². The van der Waals surface area contributed by atoms with Crippen LogP contribution >= 0.6 is 0 Å². The normalized spacial score (nSPS) is 18.8. The maximum atomic E-state index is 10.1. The highest BCUT2D eigenvalue weighted by molar-refractivity contribution is 5.71. The van der Waals surface area contributed by atoms with Crippen LogP contribution in [0.5, 0.6) is 5.75 Å². The van der Waals surface area contributed by atoms with E-state index in [1.54, 1.807) is 6.07 Å². The van der Waals surface area contributed by atoms with E-state index < -0.39 is 0 Å². The van der Waals surface area contributed by atoms with Gasteiger partial charge in [-0.3, -0.25) is 0 Å². The molecule has 0 saturated heterocycles. The molecule has 1 aliphatic rings. The highest BCUT2D eigenvalue weighted by Crippen LogP contribution is 2.40. The molecule has 0 amide bonds. The monoisotopic (exact) mass is 244 g/mol. The van der Waals surface area contributed by atoms with Crippen LogP contribution in [0, 0.1) is 12.3 Å². The third-order valence-electron chi connectivity index (χ3n) is 3.57. The predicted molar refractivity (Wildman–Crippen MR) is 74.5 cm³/mol. The van der Waals surface area contributed by atoms with Gasteiger partial charge in [0.15, 0.2) is 0 Å². The topological polar surface area (TPSA) is 40.5 Å². The lowest BCUT2D eigenvalue weighted by molar-refractivity contribution is 0.292. The second kappa shape index (κ2) is 4.20. The van der Waals surface area contributed by atoms with Crippen molar-refractivity contribution in [3.05, 3.63) is 46.7 Å². The fourth-order valence-electron chi connectivity index (χ4n) is 2.51. The Kier molecular flexibility index (Phi) is 2.97. The van der Waals surface area contributed by atoms with E-state index >= 15 is 0 Å². The second-order valence-electron chi connectivity index (χ2n) is 5.70. The van der Waals surface area contributed by atoms with Gasteiger partial charge in [-0.2, -0.15) is 0 Å². The van der Waals surface area contributed by atoms with Gasteiger partial charge in [0.1, 0.15) is 11.5 Å². The number of hydrogen-bond acceptors (Lipinski definition) is 2. The molecule has 96 valence electrons. The number of benzene rings is 1. The zero-order valence-electron chi connectivity index (χ0n) is 11.4. The lowest BCUT2D eigenvalue weighted by Crippen LogP contribution is -2.17. The highest BCUT2D eigenvalue weighted by Gasteiger charge is 2.27. The molecule has 2 nitrogen and oxygen atoms in total. The van der Waals surface area contributed by atoms with E-state index in [-0.39, 0.29) is 5.41 Å². The third-order valence-corrected chi connectivity index (χ3v) is 3.57. The molecule has 2 N–H and O–H groups in total. The summed E-state index contributed by atoms with van der Waals surface area (Å²) < 4.78 is 0. The maximum absolute atomic E-state index is 10.1. The van der Waals surface area contributed by atoms with E-state index in [2.05, 4.69) is 6.08 Å². The lowest BCUT2D eigenvalue weighted by Gasteiger charge is -2.29. The Hall–Kier alpha value is -1.70. The first-order valence-corrected chi connectivity index (χ1v) is 6.22. The number of rotatable bonds is 1. The molecular weight excluding hydrogens is 224 g/mol. The van der Waals surface area contributed by atoms with Gasteiger partial charge in [0.2, 0.25) is 0 Å². The first kappa shape index (κ1) is 12.7. The van der Waals surface area contributed by atoms with Crippen LogP contribution in [0.3, 0.4) is 0 Å². The molecule has 0 atom stereocenters. The largest absolute Gasteiger partial charge is 0.511 e. The zero-order valence-corrected chi connectivity index (χ0v) is 11.4. The molecule has 0 fully saturated rings. The van der Waals surface area contributed by atoms with Crippen LogP contribution in [0.4, 0.5) is 0 Å². The van der Waals surface area contributed by atoms with Crippen molar-refractivity contribution in [1.82, 2.24) is 0 Å². The number of hydrogen-bond donors (Lipinski definition) is 2. The average Bonchev–Trinajstić information content (AvgIpc) is 2.29. The van der Waals surface area contributed by atoms with E-state index in [4.69, 9.17) is 0 Å². The smallest absolute Gasteiger partial charge is 0.118 e. The maximum Gasteiger partial charge on any atom is 0.118 e. The molecule has 1 aromatic rings. The minimum Gasteiger partial charge on any atom is -0.511 e. The van der Waals surface area contributed by atoms with Crippen molar-refractivity contribution in [3.63, 3.8) is 0 Å². The van der Waals surface area contributed by atoms with Gasteiger partial charge in [-0.05, 0) is 68.5 Å². The third kappa shape index (κ3) is 2.15. The summed E-state index contributed by atoms with van der Waals surface area (Å²) in [6.07, 6.45) is 2.88. The second-order valence-corrected chi connectivity index (χ2v) is 5.70. The van der Waals surface area contributed by atoms with Gasteiger partial charge in [-0.15, -0.1) is 0 Å². The van der Waals surface area contributed by atoms with Crippen LogP contribution in [0.2, 0.25) is 0 Å². The van der Waals surface area contributed by atoms with Crippen LogP contribution in [-0.2, 0) is 0 Å². The molecular formula is C16H20O2. The molecule has 0 radical (unpaired) electrons. The first-order valence-electron chi connectivity index (χ1n) is 6.22. The van der Waals surface area contributed by atoms with E-state index in [1.165, 1.54) is 5.57 Å². The lowest BCUT2D eigenvalue weighted by atomic mass is 9.78. The summed E-state index contributed by atoms with van der Waals surface area (Å²) >= 11 is 0. The number of aromatic hydroxyl groups is 1. The molecule has 2 heteroatoms. The first-order chi connectivity index (χ1) is 8.31. The fourth-order valence-corrected chi connectivity index (χ4v) is 2.51. The van der Waals surface area contributed by atoms with Crippen LogP contribution in [-0.4, -0.2) is 10.2 Å². The van der Waals surface area contributed by atoms with E-state index in [0.29, 0.717) is 11.5 Å². The van der Waals surface area contributed by atoms with Crippen molar-refractivity contribution in [3.8, 4) is 5.75 Å². The molecule has 0 heterocycles. The van der Waals surface area contributed by atoms with E-state index in [1.807, 2.05) is 39.8 Å². The fraction of sp³-hybridized carbons (Fsp3) is 0.375. The average molecular weight is 244 g/mol. The number of aliphatic hydroxyl groups excluding tert-OH is 1. The van der Waals surface area contributed by atoms with E-state index in [9.17, 15) is 10.2 Å². The summed E-state index contributed by atoms with van der Waals surface area (Å²) in [6, 6.07) is 5.65. The van der Waals surface area contributed by atoms with Crippen LogP contribution in [0.25, 0.3) is 5.57 Å². The molecule has 0 unspecified atom stereocenters. The van der Waals surface area contributed by atoms with Crippen molar-refractivity contribution in [2.24, 2.45) is 5.41 Å². The molecule has 1 aliphatic carbocycles. The summed E-state index contributed by atoms with van der Waals surface area (Å²) in [5.74, 6) is 0.797. The molecule has 0 aliphatic heterocycles.